The lowest BCUT2D eigenvalue weighted by molar-refractivity contribution is -0.143. The Morgan fingerprint density at radius 1 is 1.14 bits per heavy atom. The average molecular weight is 198 g/mol. The van der Waals surface area contributed by atoms with Crippen LogP contribution in [0.2, 0.25) is 0 Å². The van der Waals surface area contributed by atoms with Crippen LogP contribution in [0.25, 0.3) is 0 Å². The predicted molar refractivity (Wildman–Crippen MR) is 49.3 cm³/mol. The first kappa shape index (κ1) is 10.7. The van der Waals surface area contributed by atoms with Crippen molar-refractivity contribution in [2.24, 2.45) is 5.41 Å². The third-order valence-electron chi connectivity index (χ3n) is 2.49. The summed E-state index contributed by atoms with van der Waals surface area (Å²) in [6.45, 7) is 3.53. The van der Waals surface area contributed by atoms with Crippen LogP contribution < -0.4 is 10.6 Å². The molecule has 78 valence electrons. The van der Waals surface area contributed by atoms with E-state index in [1.165, 1.54) is 0 Å². The molecule has 0 bridgehead atoms. The number of hydrogen-bond acceptors (Lipinski definition) is 3. The first-order chi connectivity index (χ1) is 6.50. The minimum Gasteiger partial charge on any atom is -0.277 e. The van der Waals surface area contributed by atoms with Crippen LogP contribution in [-0.2, 0) is 9.59 Å². The fourth-order valence-corrected chi connectivity index (χ4v) is 1.37. The second-order valence-electron chi connectivity index (χ2n) is 3.67. The molecule has 2 N–H and O–H groups in total. The highest BCUT2D eigenvalue weighted by Crippen LogP contribution is 2.26. The summed E-state index contributed by atoms with van der Waals surface area (Å²) < 4.78 is 0. The molecule has 0 aliphatic carbocycles. The lowest BCUT2D eigenvalue weighted by Crippen LogP contribution is -2.61. The quantitative estimate of drug-likeness (QED) is 0.650. The molecule has 0 aromatic carbocycles. The average Bonchev–Trinajstić information content (AvgIpc) is 2.11. The van der Waals surface area contributed by atoms with E-state index < -0.39 is 23.3 Å². The lowest BCUT2D eigenvalue weighted by atomic mass is 9.82. The van der Waals surface area contributed by atoms with Crippen molar-refractivity contribution >= 4 is 17.8 Å². The molecule has 0 spiro atoms. The van der Waals surface area contributed by atoms with Crippen molar-refractivity contribution < 1.29 is 14.4 Å². The molecule has 4 amide bonds. The van der Waals surface area contributed by atoms with Crippen molar-refractivity contribution in [3.63, 3.8) is 0 Å². The van der Waals surface area contributed by atoms with Crippen LogP contribution >= 0.6 is 0 Å². The number of carbonyl (C=O) groups excluding carboxylic acids is 3. The van der Waals surface area contributed by atoms with E-state index in [9.17, 15) is 14.4 Å². The normalized spacial score (nSPS) is 20.3. The molecule has 1 aliphatic heterocycles. The highest BCUT2D eigenvalue weighted by atomic mass is 16.2. The summed E-state index contributed by atoms with van der Waals surface area (Å²) in [6.07, 6.45) is 2.16. The Hall–Kier alpha value is -1.39. The molecule has 5 heteroatoms. The molecule has 0 unspecified atom stereocenters. The molecule has 0 aromatic rings. The standard InChI is InChI=1S/C9H14N2O3/c1-3-4-5-9(2)6(12)10-8(14)11-7(9)13/h3-5H2,1-2H3,(H2,10,11,12,13,14). The third kappa shape index (κ3) is 1.76. The molecule has 1 saturated heterocycles. The van der Waals surface area contributed by atoms with Crippen LogP contribution in [0.5, 0.6) is 0 Å². The van der Waals surface area contributed by atoms with Gasteiger partial charge in [-0.1, -0.05) is 19.8 Å². The number of urea groups is 1. The van der Waals surface area contributed by atoms with Gasteiger partial charge in [-0.2, -0.15) is 0 Å². The van der Waals surface area contributed by atoms with Gasteiger partial charge in [0.05, 0.1) is 0 Å². The smallest absolute Gasteiger partial charge is 0.277 e. The van der Waals surface area contributed by atoms with Crippen molar-refractivity contribution in [3.05, 3.63) is 0 Å². The minimum absolute atomic E-state index is 0.467. The topological polar surface area (TPSA) is 75.3 Å². The lowest BCUT2D eigenvalue weighted by Gasteiger charge is -2.30. The monoisotopic (exact) mass is 198 g/mol. The molecule has 0 atom stereocenters. The maximum atomic E-state index is 11.4. The second kappa shape index (κ2) is 3.77. The van der Waals surface area contributed by atoms with Crippen LogP contribution in [0.3, 0.4) is 0 Å². The summed E-state index contributed by atoms with van der Waals surface area (Å²) in [5.74, 6) is -1.00. The van der Waals surface area contributed by atoms with E-state index in [4.69, 9.17) is 0 Å². The highest BCUT2D eigenvalue weighted by Gasteiger charge is 2.45. The highest BCUT2D eigenvalue weighted by molar-refractivity contribution is 6.18. The Morgan fingerprint density at radius 3 is 2.07 bits per heavy atom. The largest absolute Gasteiger partial charge is 0.328 e. The molecule has 1 fully saturated rings. The van der Waals surface area contributed by atoms with E-state index in [1.807, 2.05) is 6.92 Å². The van der Waals surface area contributed by atoms with Gasteiger partial charge in [0.2, 0.25) is 11.8 Å². The Balaban J connectivity index is 2.79. The van der Waals surface area contributed by atoms with Gasteiger partial charge in [-0.25, -0.2) is 4.79 Å². The summed E-state index contributed by atoms with van der Waals surface area (Å²) in [5.41, 5.74) is -1.09. The number of unbranched alkanes of at least 4 members (excludes halogenated alkanes) is 1. The fourth-order valence-electron chi connectivity index (χ4n) is 1.37. The molecule has 1 heterocycles. The fraction of sp³-hybridized carbons (Fsp3) is 0.667. The van der Waals surface area contributed by atoms with Gasteiger partial charge in [0.15, 0.2) is 0 Å². The van der Waals surface area contributed by atoms with Gasteiger partial charge in [0, 0.05) is 0 Å². The van der Waals surface area contributed by atoms with Crippen LogP contribution in [0.1, 0.15) is 33.1 Å². The van der Waals surface area contributed by atoms with Crippen molar-refractivity contribution in [2.75, 3.05) is 0 Å². The Kier molecular flexibility index (Phi) is 2.88. The molecular formula is C9H14N2O3. The van der Waals surface area contributed by atoms with E-state index in [1.54, 1.807) is 6.92 Å². The summed E-state index contributed by atoms with van der Waals surface area (Å²) in [6, 6.07) is -0.728. The van der Waals surface area contributed by atoms with Gasteiger partial charge in [-0.3, -0.25) is 20.2 Å². The third-order valence-corrected chi connectivity index (χ3v) is 2.49. The zero-order valence-corrected chi connectivity index (χ0v) is 8.35. The van der Waals surface area contributed by atoms with Gasteiger partial charge in [0.1, 0.15) is 5.41 Å². The molecule has 0 aromatic heterocycles. The van der Waals surface area contributed by atoms with Gasteiger partial charge < -0.3 is 0 Å². The number of imide groups is 2. The van der Waals surface area contributed by atoms with Crippen LogP contribution in [0.15, 0.2) is 0 Å². The molecule has 5 nitrogen and oxygen atoms in total. The van der Waals surface area contributed by atoms with E-state index in [2.05, 4.69) is 10.6 Å². The summed E-state index contributed by atoms with van der Waals surface area (Å²) >= 11 is 0. The number of carbonyl (C=O) groups is 3. The van der Waals surface area contributed by atoms with Gasteiger partial charge >= 0.3 is 6.03 Å². The number of hydrogen-bond donors (Lipinski definition) is 2. The number of amides is 4. The number of barbiturate groups is 1. The Labute approximate surface area is 82.2 Å². The first-order valence-electron chi connectivity index (χ1n) is 4.67. The van der Waals surface area contributed by atoms with Crippen LogP contribution in [-0.4, -0.2) is 17.8 Å². The summed E-state index contributed by atoms with van der Waals surface area (Å²) in [5, 5.41) is 4.20. The van der Waals surface area contributed by atoms with Crippen LogP contribution in [0.4, 0.5) is 4.79 Å². The van der Waals surface area contributed by atoms with E-state index >= 15 is 0 Å². The summed E-state index contributed by atoms with van der Waals surface area (Å²) in [4.78, 5) is 33.7. The van der Waals surface area contributed by atoms with E-state index in [0.717, 1.165) is 12.8 Å². The zero-order valence-electron chi connectivity index (χ0n) is 8.35. The minimum atomic E-state index is -1.09. The molecule has 0 saturated carbocycles. The predicted octanol–water partition coefficient (Wildman–Crippen LogP) is 0.549. The van der Waals surface area contributed by atoms with Gasteiger partial charge in [-0.15, -0.1) is 0 Å². The van der Waals surface area contributed by atoms with Crippen molar-refractivity contribution in [1.29, 1.82) is 0 Å². The molecule has 1 rings (SSSR count). The van der Waals surface area contributed by atoms with E-state index in [-0.39, 0.29) is 0 Å². The Morgan fingerprint density at radius 2 is 1.64 bits per heavy atom. The van der Waals surface area contributed by atoms with Crippen LogP contribution in [0, 0.1) is 5.41 Å². The van der Waals surface area contributed by atoms with E-state index in [0.29, 0.717) is 6.42 Å². The van der Waals surface area contributed by atoms with Crippen molar-refractivity contribution in [3.8, 4) is 0 Å². The molecule has 1 aliphatic rings. The molecular weight excluding hydrogens is 184 g/mol. The maximum absolute atomic E-state index is 11.4. The van der Waals surface area contributed by atoms with Crippen molar-refractivity contribution in [1.82, 2.24) is 10.6 Å². The summed E-state index contributed by atoms with van der Waals surface area (Å²) in [7, 11) is 0. The number of rotatable bonds is 3. The zero-order chi connectivity index (χ0) is 10.8. The second-order valence-corrected chi connectivity index (χ2v) is 3.67. The molecule has 0 radical (unpaired) electrons. The Bertz CT molecular complexity index is 266. The van der Waals surface area contributed by atoms with Gasteiger partial charge in [-0.05, 0) is 13.3 Å². The number of nitrogens with one attached hydrogen (secondary N) is 2. The first-order valence-corrected chi connectivity index (χ1v) is 4.67. The maximum Gasteiger partial charge on any atom is 0.328 e. The van der Waals surface area contributed by atoms with Gasteiger partial charge in [0.25, 0.3) is 0 Å². The van der Waals surface area contributed by atoms with Crippen molar-refractivity contribution in [2.45, 2.75) is 33.1 Å². The SMILES string of the molecule is CCCCC1(C)C(=O)NC(=O)NC1=O. The molecule has 14 heavy (non-hydrogen) atoms.